The highest BCUT2D eigenvalue weighted by molar-refractivity contribution is 7.99. The van der Waals surface area contributed by atoms with Crippen LogP contribution in [0.25, 0.3) is 0 Å². The Morgan fingerprint density at radius 1 is 1.28 bits per heavy atom. The number of nitrogens with two attached hydrogens (primary N) is 3. The number of anilines is 3. The fraction of sp³-hybridized carbons (Fsp3) is 0.714. The van der Waals surface area contributed by atoms with Gasteiger partial charge in [-0.25, -0.2) is 15.8 Å². The Balaban J connectivity index is 2.21. The van der Waals surface area contributed by atoms with Crippen molar-refractivity contribution in [1.82, 2.24) is 9.97 Å². The van der Waals surface area contributed by atoms with Crippen molar-refractivity contribution in [1.29, 1.82) is 0 Å². The van der Waals surface area contributed by atoms with Crippen molar-refractivity contribution in [3.8, 4) is 0 Å². The van der Waals surface area contributed by atoms with E-state index in [2.05, 4.69) is 9.97 Å². The molecule has 1 saturated carbocycles. The number of hydrogen-bond acceptors (Lipinski definition) is 11. The Morgan fingerprint density at radius 3 is 2.64 bits per heavy atom. The van der Waals surface area contributed by atoms with Crippen LogP contribution >= 0.6 is 11.8 Å². The van der Waals surface area contributed by atoms with Crippen LogP contribution in [0.1, 0.15) is 19.8 Å². The van der Waals surface area contributed by atoms with Crippen molar-refractivity contribution in [2.45, 2.75) is 49.3 Å². The van der Waals surface area contributed by atoms with E-state index < -0.39 is 24.4 Å². The molecule has 0 bridgehead atoms. The molecule has 1 aliphatic carbocycles. The SMILES string of the molecule is CCCSc1nc(N)c(N)c(N(N)C2CC(OCCO)C(O)C2O)n1. The van der Waals surface area contributed by atoms with E-state index in [9.17, 15) is 10.2 Å². The lowest BCUT2D eigenvalue weighted by Crippen LogP contribution is -2.48. The number of nitrogen functional groups attached to an aromatic ring is 2. The van der Waals surface area contributed by atoms with Gasteiger partial charge in [-0.1, -0.05) is 18.7 Å². The summed E-state index contributed by atoms with van der Waals surface area (Å²) in [4.78, 5) is 8.46. The Labute approximate surface area is 150 Å². The van der Waals surface area contributed by atoms with Gasteiger partial charge in [-0.2, -0.15) is 0 Å². The number of hydrazine groups is 1. The molecule has 0 radical (unpaired) electrons. The smallest absolute Gasteiger partial charge is 0.191 e. The quantitative estimate of drug-likeness (QED) is 0.138. The fourth-order valence-electron chi connectivity index (χ4n) is 2.68. The molecule has 1 aromatic heterocycles. The molecule has 2 rings (SSSR count). The number of aliphatic hydroxyl groups excluding tert-OH is 3. The lowest BCUT2D eigenvalue weighted by atomic mass is 10.2. The second-order valence-corrected chi connectivity index (χ2v) is 6.86. The van der Waals surface area contributed by atoms with E-state index in [4.69, 9.17) is 27.2 Å². The zero-order valence-electron chi connectivity index (χ0n) is 14.1. The maximum atomic E-state index is 10.3. The van der Waals surface area contributed by atoms with Gasteiger partial charge in [0.25, 0.3) is 0 Å². The molecule has 0 amide bonds. The molecule has 1 fully saturated rings. The zero-order valence-corrected chi connectivity index (χ0v) is 14.9. The Bertz CT molecular complexity index is 580. The van der Waals surface area contributed by atoms with Crippen LogP contribution in [-0.2, 0) is 4.74 Å². The lowest BCUT2D eigenvalue weighted by molar-refractivity contribution is -0.0616. The van der Waals surface area contributed by atoms with E-state index in [1.807, 2.05) is 6.92 Å². The van der Waals surface area contributed by atoms with Crippen molar-refractivity contribution >= 4 is 29.1 Å². The van der Waals surface area contributed by atoms with Crippen LogP contribution < -0.4 is 22.3 Å². The molecule has 142 valence electrons. The van der Waals surface area contributed by atoms with Gasteiger partial charge >= 0.3 is 0 Å². The summed E-state index contributed by atoms with van der Waals surface area (Å²) in [6.07, 6.45) is -1.74. The first-order valence-corrected chi connectivity index (χ1v) is 9.07. The monoisotopic (exact) mass is 374 g/mol. The summed E-state index contributed by atoms with van der Waals surface area (Å²) in [7, 11) is 0. The van der Waals surface area contributed by atoms with Gasteiger partial charge < -0.3 is 31.5 Å². The molecule has 1 aromatic rings. The minimum absolute atomic E-state index is 0.0616. The van der Waals surface area contributed by atoms with Crippen LogP contribution in [0.5, 0.6) is 0 Å². The largest absolute Gasteiger partial charge is 0.394 e. The second-order valence-electron chi connectivity index (χ2n) is 5.80. The molecule has 1 heterocycles. The summed E-state index contributed by atoms with van der Waals surface area (Å²) in [5.74, 6) is 7.26. The van der Waals surface area contributed by atoms with Crippen LogP contribution in [0.15, 0.2) is 5.16 Å². The van der Waals surface area contributed by atoms with Crippen LogP contribution in [0.2, 0.25) is 0 Å². The third kappa shape index (κ3) is 4.43. The van der Waals surface area contributed by atoms with E-state index in [1.54, 1.807) is 0 Å². The first kappa shape index (κ1) is 19.9. The van der Waals surface area contributed by atoms with Crippen LogP contribution in [0, 0.1) is 0 Å². The van der Waals surface area contributed by atoms with Crippen LogP contribution in [-0.4, -0.2) is 68.6 Å². The van der Waals surface area contributed by atoms with Crippen molar-refractivity contribution in [2.24, 2.45) is 5.84 Å². The predicted molar refractivity (Wildman–Crippen MR) is 95.8 cm³/mol. The first-order valence-electron chi connectivity index (χ1n) is 8.09. The van der Waals surface area contributed by atoms with Gasteiger partial charge in [0, 0.05) is 12.2 Å². The summed E-state index contributed by atoms with van der Waals surface area (Å²) >= 11 is 1.43. The van der Waals surface area contributed by atoms with Gasteiger partial charge in [0.1, 0.15) is 17.9 Å². The first-order chi connectivity index (χ1) is 11.9. The highest BCUT2D eigenvalue weighted by Gasteiger charge is 2.45. The minimum Gasteiger partial charge on any atom is -0.394 e. The molecule has 25 heavy (non-hydrogen) atoms. The van der Waals surface area contributed by atoms with Crippen molar-refractivity contribution in [2.75, 3.05) is 35.4 Å². The zero-order chi connectivity index (χ0) is 18.6. The van der Waals surface area contributed by atoms with Gasteiger partial charge in [-0.15, -0.1) is 0 Å². The Morgan fingerprint density at radius 2 is 2.00 bits per heavy atom. The fourth-order valence-corrected chi connectivity index (χ4v) is 3.38. The molecule has 0 spiro atoms. The topological polar surface area (TPSA) is 177 Å². The van der Waals surface area contributed by atoms with Crippen molar-refractivity contribution in [3.63, 3.8) is 0 Å². The van der Waals surface area contributed by atoms with E-state index >= 15 is 0 Å². The van der Waals surface area contributed by atoms with Crippen LogP contribution in [0.3, 0.4) is 0 Å². The predicted octanol–water partition coefficient (Wildman–Crippen LogP) is -1.31. The van der Waals surface area contributed by atoms with Crippen molar-refractivity contribution < 1.29 is 20.1 Å². The summed E-state index contributed by atoms with van der Waals surface area (Å²) < 4.78 is 5.35. The van der Waals surface area contributed by atoms with E-state index in [1.165, 1.54) is 16.8 Å². The number of rotatable bonds is 8. The molecule has 4 unspecified atom stereocenters. The Hall–Kier alpha value is -1.37. The molecular formula is C14H26N6O4S. The highest BCUT2D eigenvalue weighted by atomic mass is 32.2. The molecule has 9 N–H and O–H groups in total. The number of nitrogens with zero attached hydrogens (tertiary/aromatic N) is 3. The normalized spacial score (nSPS) is 26.1. The molecule has 0 aliphatic heterocycles. The average Bonchev–Trinajstić information content (AvgIpc) is 2.88. The Kier molecular flexibility index (Phi) is 7.04. The average molecular weight is 374 g/mol. The lowest BCUT2D eigenvalue weighted by Gasteiger charge is -2.28. The van der Waals surface area contributed by atoms with Crippen molar-refractivity contribution in [3.05, 3.63) is 0 Å². The number of aromatic nitrogens is 2. The number of ether oxygens (including phenoxy) is 1. The highest BCUT2D eigenvalue weighted by Crippen LogP contribution is 2.33. The van der Waals surface area contributed by atoms with E-state index in [0.29, 0.717) is 5.16 Å². The van der Waals surface area contributed by atoms with Gasteiger partial charge in [-0.05, 0) is 6.42 Å². The molecule has 11 heteroatoms. The number of thioether (sulfide) groups is 1. The standard InChI is InChI=1S/C14H26N6O4S/c1-2-5-25-14-18-12(16)9(15)13(19-14)20(17)7-6-8(24-4-3-21)11(23)10(7)22/h7-8,10-11,21-23H,2-6,15,17H2,1H3,(H2,16,18,19). The van der Waals surface area contributed by atoms with E-state index in [-0.39, 0.29) is 37.0 Å². The summed E-state index contributed by atoms with van der Waals surface area (Å²) in [6, 6.07) is -0.667. The third-order valence-electron chi connectivity index (χ3n) is 3.99. The molecule has 0 saturated heterocycles. The van der Waals surface area contributed by atoms with Crippen LogP contribution in [0.4, 0.5) is 17.3 Å². The maximum absolute atomic E-state index is 10.3. The molecule has 0 aromatic carbocycles. The molecule has 1 aliphatic rings. The van der Waals surface area contributed by atoms with Gasteiger partial charge in [-0.3, -0.25) is 5.01 Å². The van der Waals surface area contributed by atoms with E-state index in [0.717, 1.165) is 12.2 Å². The molecule has 10 nitrogen and oxygen atoms in total. The number of hydrogen-bond donors (Lipinski definition) is 6. The number of aliphatic hydroxyl groups is 3. The van der Waals surface area contributed by atoms with Gasteiger partial charge in [0.2, 0.25) is 0 Å². The summed E-state index contributed by atoms with van der Waals surface area (Å²) in [5.41, 5.74) is 11.9. The molecular weight excluding hydrogens is 348 g/mol. The van der Waals surface area contributed by atoms with Gasteiger partial charge in [0.05, 0.1) is 25.4 Å². The minimum atomic E-state index is -1.16. The summed E-state index contributed by atoms with van der Waals surface area (Å²) in [5, 5.41) is 30.9. The van der Waals surface area contributed by atoms with Gasteiger partial charge in [0.15, 0.2) is 16.8 Å². The summed E-state index contributed by atoms with van der Waals surface area (Å²) in [6.45, 7) is 1.92. The maximum Gasteiger partial charge on any atom is 0.191 e. The third-order valence-corrected chi connectivity index (χ3v) is 5.05. The molecule has 4 atom stereocenters. The second kappa shape index (κ2) is 8.83.